The molecule has 3 atom stereocenters. The van der Waals surface area contributed by atoms with Crippen LogP contribution in [0.25, 0.3) is 0 Å². The highest BCUT2D eigenvalue weighted by atomic mass is 16.5. The van der Waals surface area contributed by atoms with Crippen LogP contribution < -0.4 is 5.32 Å². The molecule has 0 aromatic rings. The van der Waals surface area contributed by atoms with E-state index in [1.807, 2.05) is 0 Å². The van der Waals surface area contributed by atoms with Crippen LogP contribution in [0.4, 0.5) is 0 Å². The van der Waals surface area contributed by atoms with Gasteiger partial charge in [0, 0.05) is 12.6 Å². The third-order valence-corrected chi connectivity index (χ3v) is 4.52. The number of nitrogens with one attached hydrogen (secondary N) is 1. The summed E-state index contributed by atoms with van der Waals surface area (Å²) in [7, 11) is 0. The van der Waals surface area contributed by atoms with Crippen LogP contribution in [0.3, 0.4) is 0 Å². The summed E-state index contributed by atoms with van der Waals surface area (Å²) in [5.74, 6) is 0.986. The molecule has 0 amide bonds. The van der Waals surface area contributed by atoms with E-state index >= 15 is 0 Å². The van der Waals surface area contributed by atoms with Gasteiger partial charge in [0.15, 0.2) is 0 Å². The van der Waals surface area contributed by atoms with Gasteiger partial charge in [0.25, 0.3) is 0 Å². The van der Waals surface area contributed by atoms with Crippen molar-refractivity contribution in [1.82, 2.24) is 5.32 Å². The number of rotatable bonds is 6. The smallest absolute Gasteiger partial charge is 0.0576 e. The number of hydrogen-bond acceptors (Lipinski definition) is 2. The van der Waals surface area contributed by atoms with Crippen LogP contribution in [0.1, 0.15) is 64.7 Å². The lowest BCUT2D eigenvalue weighted by molar-refractivity contribution is 0.102. The average Bonchev–Trinajstić information content (AvgIpc) is 2.88. The fraction of sp³-hybridized carbons (Fsp3) is 1.00. The summed E-state index contributed by atoms with van der Waals surface area (Å²) >= 11 is 0. The fourth-order valence-corrected chi connectivity index (χ4v) is 3.36. The second kappa shape index (κ2) is 7.38. The Morgan fingerprint density at radius 2 is 2.12 bits per heavy atom. The van der Waals surface area contributed by atoms with E-state index in [0.29, 0.717) is 6.10 Å². The van der Waals surface area contributed by atoms with Gasteiger partial charge in [-0.2, -0.15) is 0 Å². The normalized spacial score (nSPS) is 34.1. The number of hydrogen-bond donors (Lipinski definition) is 1. The summed E-state index contributed by atoms with van der Waals surface area (Å²) in [6.07, 6.45) is 12.8. The molecule has 100 valence electrons. The molecule has 1 aliphatic heterocycles. The lowest BCUT2D eigenvalue weighted by Gasteiger charge is -2.29. The summed E-state index contributed by atoms with van der Waals surface area (Å²) in [6, 6.07) is 0.804. The lowest BCUT2D eigenvalue weighted by atomic mass is 9.84. The minimum absolute atomic E-state index is 0.576. The monoisotopic (exact) mass is 239 g/mol. The molecule has 1 saturated carbocycles. The van der Waals surface area contributed by atoms with E-state index in [-0.39, 0.29) is 0 Å². The first-order valence-electron chi connectivity index (χ1n) is 7.73. The molecule has 0 bridgehead atoms. The van der Waals surface area contributed by atoms with Crippen LogP contribution in [0.15, 0.2) is 0 Å². The third kappa shape index (κ3) is 4.59. The minimum atomic E-state index is 0.576. The van der Waals surface area contributed by atoms with Gasteiger partial charge in [0.05, 0.1) is 6.10 Å². The quantitative estimate of drug-likeness (QED) is 0.716. The van der Waals surface area contributed by atoms with E-state index in [4.69, 9.17) is 4.74 Å². The van der Waals surface area contributed by atoms with Crippen molar-refractivity contribution in [2.75, 3.05) is 13.2 Å². The first-order valence-corrected chi connectivity index (χ1v) is 7.73. The van der Waals surface area contributed by atoms with Gasteiger partial charge in [0.1, 0.15) is 0 Å². The summed E-state index contributed by atoms with van der Waals surface area (Å²) < 4.78 is 5.65. The average molecular weight is 239 g/mol. The molecule has 1 aliphatic carbocycles. The molecule has 3 unspecified atom stereocenters. The molecule has 1 heterocycles. The third-order valence-electron chi connectivity index (χ3n) is 4.52. The summed E-state index contributed by atoms with van der Waals surface area (Å²) in [4.78, 5) is 0. The molecule has 17 heavy (non-hydrogen) atoms. The van der Waals surface area contributed by atoms with Crippen molar-refractivity contribution in [3.63, 3.8) is 0 Å². The largest absolute Gasteiger partial charge is 0.378 e. The molecule has 2 fully saturated rings. The molecule has 2 rings (SSSR count). The zero-order chi connectivity index (χ0) is 11.9. The Morgan fingerprint density at radius 1 is 1.18 bits per heavy atom. The van der Waals surface area contributed by atoms with Gasteiger partial charge in [-0.1, -0.05) is 26.2 Å². The van der Waals surface area contributed by atoms with Crippen molar-refractivity contribution in [2.45, 2.75) is 76.9 Å². The molecule has 0 spiro atoms. The van der Waals surface area contributed by atoms with Crippen molar-refractivity contribution in [3.05, 3.63) is 0 Å². The van der Waals surface area contributed by atoms with Gasteiger partial charge >= 0.3 is 0 Å². The van der Waals surface area contributed by atoms with Gasteiger partial charge in [-0.05, 0) is 51.0 Å². The van der Waals surface area contributed by atoms with E-state index < -0.39 is 0 Å². The highest BCUT2D eigenvalue weighted by molar-refractivity contribution is 4.77. The van der Waals surface area contributed by atoms with Crippen molar-refractivity contribution in [2.24, 2.45) is 5.92 Å². The highest BCUT2D eigenvalue weighted by Crippen LogP contribution is 2.26. The van der Waals surface area contributed by atoms with E-state index in [2.05, 4.69) is 12.2 Å². The van der Waals surface area contributed by atoms with E-state index in [0.717, 1.165) is 18.6 Å². The Bertz CT molecular complexity index is 201. The van der Waals surface area contributed by atoms with Crippen LogP contribution in [0, 0.1) is 5.92 Å². The molecule has 1 saturated heterocycles. The number of ether oxygens (including phenoxy) is 1. The van der Waals surface area contributed by atoms with Gasteiger partial charge < -0.3 is 10.1 Å². The van der Waals surface area contributed by atoms with E-state index in [1.165, 1.54) is 64.3 Å². The van der Waals surface area contributed by atoms with Crippen molar-refractivity contribution < 1.29 is 4.74 Å². The van der Waals surface area contributed by atoms with Gasteiger partial charge in [-0.3, -0.25) is 0 Å². The lowest BCUT2D eigenvalue weighted by Crippen LogP contribution is -2.34. The van der Waals surface area contributed by atoms with Gasteiger partial charge in [-0.25, -0.2) is 0 Å². The summed E-state index contributed by atoms with van der Waals surface area (Å²) in [6.45, 7) is 4.53. The van der Waals surface area contributed by atoms with Crippen LogP contribution in [0.2, 0.25) is 0 Å². The topological polar surface area (TPSA) is 21.3 Å². The van der Waals surface area contributed by atoms with Gasteiger partial charge in [-0.15, -0.1) is 0 Å². The summed E-state index contributed by atoms with van der Waals surface area (Å²) in [5, 5.41) is 3.75. The van der Waals surface area contributed by atoms with E-state index in [1.54, 1.807) is 0 Å². The zero-order valence-electron chi connectivity index (χ0n) is 11.4. The van der Waals surface area contributed by atoms with E-state index in [9.17, 15) is 0 Å². The molecule has 0 aromatic heterocycles. The zero-order valence-corrected chi connectivity index (χ0v) is 11.4. The standard InChI is InChI=1S/C15H29NO/c1-2-13-6-3-7-14(12-13)16-10-4-8-15-9-5-11-17-15/h13-16H,2-12H2,1H3. The molecular weight excluding hydrogens is 210 g/mol. The maximum atomic E-state index is 5.65. The molecular formula is C15H29NO. The van der Waals surface area contributed by atoms with Crippen LogP contribution in [-0.2, 0) is 4.74 Å². The molecule has 2 nitrogen and oxygen atoms in total. The maximum absolute atomic E-state index is 5.65. The molecule has 2 heteroatoms. The van der Waals surface area contributed by atoms with Crippen LogP contribution in [-0.4, -0.2) is 25.3 Å². The first kappa shape index (κ1) is 13.4. The second-order valence-corrected chi connectivity index (χ2v) is 5.87. The van der Waals surface area contributed by atoms with Gasteiger partial charge in [0.2, 0.25) is 0 Å². The fourth-order valence-electron chi connectivity index (χ4n) is 3.36. The second-order valence-electron chi connectivity index (χ2n) is 5.87. The molecule has 0 radical (unpaired) electrons. The van der Waals surface area contributed by atoms with Crippen LogP contribution in [0.5, 0.6) is 0 Å². The van der Waals surface area contributed by atoms with Crippen molar-refractivity contribution >= 4 is 0 Å². The Morgan fingerprint density at radius 3 is 2.88 bits per heavy atom. The Kier molecular flexibility index (Phi) is 5.79. The Hall–Kier alpha value is -0.0800. The Balaban J connectivity index is 1.52. The predicted molar refractivity (Wildman–Crippen MR) is 72.2 cm³/mol. The summed E-state index contributed by atoms with van der Waals surface area (Å²) in [5.41, 5.74) is 0. The molecule has 0 aromatic carbocycles. The first-order chi connectivity index (χ1) is 8.38. The predicted octanol–water partition coefficient (Wildman–Crippen LogP) is 3.50. The minimum Gasteiger partial charge on any atom is -0.378 e. The van der Waals surface area contributed by atoms with Crippen molar-refractivity contribution in [1.29, 1.82) is 0 Å². The Labute approximate surface area is 107 Å². The molecule has 2 aliphatic rings. The van der Waals surface area contributed by atoms with Crippen molar-refractivity contribution in [3.8, 4) is 0 Å². The molecule has 1 N–H and O–H groups in total. The van der Waals surface area contributed by atoms with Crippen LogP contribution >= 0.6 is 0 Å². The highest BCUT2D eigenvalue weighted by Gasteiger charge is 2.20. The maximum Gasteiger partial charge on any atom is 0.0576 e. The SMILES string of the molecule is CCC1CCCC(NCCCC2CCCO2)C1.